The Morgan fingerprint density at radius 1 is 0.727 bits per heavy atom. The van der Waals surface area contributed by atoms with Crippen LogP contribution < -0.4 is 0 Å². The van der Waals surface area contributed by atoms with Gasteiger partial charge in [0.1, 0.15) is 6.10 Å². The molecule has 0 fully saturated rings. The molecule has 0 bridgehead atoms. The van der Waals surface area contributed by atoms with Gasteiger partial charge in [-0.25, -0.2) is 0 Å². The van der Waals surface area contributed by atoms with Crippen LogP contribution in [-0.2, 0) is 0 Å². The topological polar surface area (TPSA) is 20.2 Å². The van der Waals surface area contributed by atoms with Crippen LogP contribution in [0, 0.1) is 0 Å². The van der Waals surface area contributed by atoms with Crippen LogP contribution in [0.1, 0.15) is 45.4 Å². The first-order chi connectivity index (χ1) is 9.73. The number of aliphatic hydroxyl groups excluding tert-OH is 1. The molecule has 0 saturated carbocycles. The van der Waals surface area contributed by atoms with Gasteiger partial charge < -0.3 is 5.11 Å². The summed E-state index contributed by atoms with van der Waals surface area (Å²) in [6.45, 7) is 1.84. The van der Waals surface area contributed by atoms with Crippen LogP contribution in [0.2, 0.25) is 0 Å². The minimum atomic E-state index is -6.95. The van der Waals surface area contributed by atoms with Crippen molar-refractivity contribution in [1.82, 2.24) is 0 Å². The molecule has 22 heavy (non-hydrogen) atoms. The Labute approximate surface area is 121 Å². The van der Waals surface area contributed by atoms with Crippen LogP contribution in [-0.4, -0.2) is 35.2 Å². The number of aliphatic hydroxyl groups is 1. The van der Waals surface area contributed by atoms with E-state index in [1.54, 1.807) is 0 Å². The summed E-state index contributed by atoms with van der Waals surface area (Å²) in [5.41, 5.74) is 0. The number of halogens is 9. The highest BCUT2D eigenvalue weighted by atomic mass is 19.4. The molecule has 0 aromatic heterocycles. The largest absolute Gasteiger partial charge is 0.460 e. The fourth-order valence-electron chi connectivity index (χ4n) is 1.72. The molecule has 0 spiro atoms. The lowest BCUT2D eigenvalue weighted by atomic mass is 9.95. The molecule has 0 aliphatic rings. The Kier molecular flexibility index (Phi) is 7.05. The van der Waals surface area contributed by atoms with Gasteiger partial charge in [-0.2, -0.15) is 39.5 Å². The molecule has 134 valence electrons. The highest BCUT2D eigenvalue weighted by Crippen LogP contribution is 2.54. The zero-order valence-electron chi connectivity index (χ0n) is 11.7. The predicted octanol–water partition coefficient (Wildman–Crippen LogP) is 5.18. The number of hydrogen-bond acceptors (Lipinski definition) is 1. The van der Waals surface area contributed by atoms with Gasteiger partial charge in [0.05, 0.1) is 0 Å². The van der Waals surface area contributed by atoms with Crippen molar-refractivity contribution in [3.05, 3.63) is 0 Å². The molecule has 10 heteroatoms. The Morgan fingerprint density at radius 3 is 1.59 bits per heavy atom. The van der Waals surface area contributed by atoms with E-state index in [1.165, 1.54) is 0 Å². The summed E-state index contributed by atoms with van der Waals surface area (Å²) in [5.74, 6) is -19.6. The molecule has 0 aliphatic heterocycles. The van der Waals surface area contributed by atoms with Gasteiger partial charge in [-0.3, -0.25) is 0 Å². The van der Waals surface area contributed by atoms with E-state index in [2.05, 4.69) is 0 Å². The number of hydrogen-bond donors (Lipinski definition) is 1. The van der Waals surface area contributed by atoms with Crippen LogP contribution in [0.5, 0.6) is 0 Å². The molecule has 1 unspecified atom stereocenters. The summed E-state index contributed by atoms with van der Waals surface area (Å²) in [5, 5.41) is 8.97. The summed E-state index contributed by atoms with van der Waals surface area (Å²) in [4.78, 5) is 0. The molecule has 0 saturated heterocycles. The van der Waals surface area contributed by atoms with Crippen LogP contribution in [0.3, 0.4) is 0 Å². The zero-order chi connectivity index (χ0) is 17.8. The van der Waals surface area contributed by atoms with Gasteiger partial charge >= 0.3 is 23.9 Å². The lowest BCUT2D eigenvalue weighted by Gasteiger charge is -2.35. The van der Waals surface area contributed by atoms with Gasteiger partial charge in [-0.15, -0.1) is 0 Å². The summed E-state index contributed by atoms with van der Waals surface area (Å²) >= 11 is 0. The van der Waals surface area contributed by atoms with Crippen molar-refractivity contribution in [2.75, 3.05) is 0 Å². The highest BCUT2D eigenvalue weighted by Gasteiger charge is 2.82. The second-order valence-corrected chi connectivity index (χ2v) is 4.99. The van der Waals surface area contributed by atoms with E-state index in [-0.39, 0.29) is 12.8 Å². The predicted molar refractivity (Wildman–Crippen MR) is 60.3 cm³/mol. The van der Waals surface area contributed by atoms with Crippen molar-refractivity contribution >= 4 is 0 Å². The van der Waals surface area contributed by atoms with E-state index in [0.29, 0.717) is 6.42 Å². The minimum Gasteiger partial charge on any atom is -0.387 e. The maximum atomic E-state index is 13.2. The van der Waals surface area contributed by atoms with Gasteiger partial charge in [-0.1, -0.05) is 39.0 Å². The quantitative estimate of drug-likeness (QED) is 0.450. The fraction of sp³-hybridized carbons (Fsp3) is 1.00. The molecule has 1 nitrogen and oxygen atoms in total. The second kappa shape index (κ2) is 7.27. The van der Waals surface area contributed by atoms with E-state index in [4.69, 9.17) is 5.11 Å². The molecule has 1 atom stereocenters. The van der Waals surface area contributed by atoms with Gasteiger partial charge in [0.25, 0.3) is 0 Å². The molecular formula is C12H17F9O. The molecule has 0 aliphatic carbocycles. The van der Waals surface area contributed by atoms with Crippen LogP contribution in [0.15, 0.2) is 0 Å². The molecule has 0 aromatic rings. The van der Waals surface area contributed by atoms with Crippen LogP contribution in [0.25, 0.3) is 0 Å². The van der Waals surface area contributed by atoms with Crippen molar-refractivity contribution < 1.29 is 44.6 Å². The van der Waals surface area contributed by atoms with E-state index < -0.39 is 36.5 Å². The van der Waals surface area contributed by atoms with E-state index in [1.807, 2.05) is 6.92 Å². The zero-order valence-corrected chi connectivity index (χ0v) is 11.7. The van der Waals surface area contributed by atoms with Gasteiger partial charge in [0, 0.05) is 0 Å². The Bertz CT molecular complexity index is 338. The molecule has 1 N–H and O–H groups in total. The smallest absolute Gasteiger partial charge is 0.387 e. The number of rotatable bonds is 9. The first-order valence-electron chi connectivity index (χ1n) is 6.61. The first kappa shape index (κ1) is 21.3. The molecule has 0 amide bonds. The number of unbranched alkanes of at least 4 members (excludes halogenated alkanes) is 4. The van der Waals surface area contributed by atoms with E-state index >= 15 is 0 Å². The molecule has 0 radical (unpaired) electrons. The molecule has 0 aromatic carbocycles. The second-order valence-electron chi connectivity index (χ2n) is 4.99. The van der Waals surface area contributed by atoms with Crippen molar-refractivity contribution in [3.63, 3.8) is 0 Å². The minimum absolute atomic E-state index is 0.190. The monoisotopic (exact) mass is 348 g/mol. The average molecular weight is 348 g/mol. The SMILES string of the molecule is CCCCCCCC(O)C(F)(F)C(F)(F)C(F)(F)C(F)(F)F. The van der Waals surface area contributed by atoms with Crippen molar-refractivity contribution in [1.29, 1.82) is 0 Å². The lowest BCUT2D eigenvalue weighted by Crippen LogP contribution is -2.64. The fourth-order valence-corrected chi connectivity index (χ4v) is 1.72. The van der Waals surface area contributed by atoms with Crippen LogP contribution in [0.4, 0.5) is 39.5 Å². The maximum Gasteiger partial charge on any atom is 0.460 e. The van der Waals surface area contributed by atoms with Crippen molar-refractivity contribution in [2.24, 2.45) is 0 Å². The van der Waals surface area contributed by atoms with Crippen molar-refractivity contribution in [3.8, 4) is 0 Å². The van der Waals surface area contributed by atoms with Crippen molar-refractivity contribution in [2.45, 2.75) is 75.5 Å². The lowest BCUT2D eigenvalue weighted by molar-refractivity contribution is -0.406. The third kappa shape index (κ3) is 4.20. The maximum absolute atomic E-state index is 13.2. The Balaban J connectivity index is 4.95. The standard InChI is InChI=1S/C12H17F9O/c1-2-3-4-5-6-7-8(22)9(13,14)10(15,16)11(17,18)12(19,20)21/h8,22H,2-7H2,1H3. The van der Waals surface area contributed by atoms with E-state index in [9.17, 15) is 39.5 Å². The van der Waals surface area contributed by atoms with Gasteiger partial charge in [-0.05, 0) is 6.42 Å². The third-order valence-corrected chi connectivity index (χ3v) is 3.17. The molecular weight excluding hydrogens is 331 g/mol. The summed E-state index contributed by atoms with van der Waals surface area (Å²) in [6.07, 6.45) is -9.03. The van der Waals surface area contributed by atoms with Crippen LogP contribution >= 0.6 is 0 Å². The highest BCUT2D eigenvalue weighted by molar-refractivity contribution is 5.03. The third-order valence-electron chi connectivity index (χ3n) is 3.17. The summed E-state index contributed by atoms with van der Waals surface area (Å²) in [6, 6.07) is 0. The van der Waals surface area contributed by atoms with Gasteiger partial charge in [0.15, 0.2) is 0 Å². The summed E-state index contributed by atoms with van der Waals surface area (Å²) in [7, 11) is 0. The molecule has 0 heterocycles. The summed E-state index contributed by atoms with van der Waals surface area (Å²) < 4.78 is 113. The average Bonchev–Trinajstić information content (AvgIpc) is 2.36. The number of alkyl halides is 9. The first-order valence-corrected chi connectivity index (χ1v) is 6.61. The van der Waals surface area contributed by atoms with E-state index in [0.717, 1.165) is 12.8 Å². The van der Waals surface area contributed by atoms with Gasteiger partial charge in [0.2, 0.25) is 0 Å². The Morgan fingerprint density at radius 2 is 1.18 bits per heavy atom. The Hall–Kier alpha value is -0.670. The molecule has 0 rings (SSSR count). The normalized spacial score (nSPS) is 16.0.